The van der Waals surface area contributed by atoms with Gasteiger partial charge in [0, 0.05) is 19.1 Å². The maximum Gasteiger partial charge on any atom is 0.165 e. The van der Waals surface area contributed by atoms with E-state index in [4.69, 9.17) is 9.47 Å². The molecule has 3 heteroatoms. The third-order valence-corrected chi connectivity index (χ3v) is 2.52. The Balaban J connectivity index is 2.85. The van der Waals surface area contributed by atoms with Gasteiger partial charge >= 0.3 is 0 Å². The van der Waals surface area contributed by atoms with E-state index in [0.717, 1.165) is 23.3 Å². The number of carbonyl (C=O) groups is 1. The van der Waals surface area contributed by atoms with Crippen LogP contribution < -0.4 is 4.74 Å². The maximum absolute atomic E-state index is 11.8. The van der Waals surface area contributed by atoms with Crippen molar-refractivity contribution >= 4 is 5.78 Å². The summed E-state index contributed by atoms with van der Waals surface area (Å²) in [4.78, 5) is 11.8. The molecular formula is C13H18O3. The molecule has 0 N–H and O–H groups in total. The Bertz CT molecular complexity index is 358. The molecule has 88 valence electrons. The van der Waals surface area contributed by atoms with E-state index in [1.165, 1.54) is 0 Å². The monoisotopic (exact) mass is 222 g/mol. The van der Waals surface area contributed by atoms with Crippen molar-refractivity contribution < 1.29 is 14.3 Å². The Morgan fingerprint density at radius 3 is 2.62 bits per heavy atom. The Kier molecular flexibility index (Phi) is 4.99. The highest BCUT2D eigenvalue weighted by Gasteiger charge is 2.08. The Morgan fingerprint density at radius 2 is 2.06 bits per heavy atom. The van der Waals surface area contributed by atoms with Gasteiger partial charge in [-0.25, -0.2) is 0 Å². The average Bonchev–Trinajstić information content (AvgIpc) is 2.34. The van der Waals surface area contributed by atoms with Crippen molar-refractivity contribution in [3.05, 3.63) is 29.3 Å². The molecule has 0 bridgehead atoms. The third-order valence-electron chi connectivity index (χ3n) is 2.52. The number of hydrogen-bond acceptors (Lipinski definition) is 3. The van der Waals surface area contributed by atoms with Crippen LogP contribution in [-0.4, -0.2) is 26.6 Å². The van der Waals surface area contributed by atoms with E-state index in [2.05, 4.69) is 0 Å². The highest BCUT2D eigenvalue weighted by Crippen LogP contribution is 2.21. The van der Waals surface area contributed by atoms with Gasteiger partial charge in [-0.15, -0.1) is 0 Å². The topological polar surface area (TPSA) is 35.5 Å². The van der Waals surface area contributed by atoms with Crippen LogP contribution in [0.4, 0.5) is 0 Å². The molecule has 0 saturated carbocycles. The zero-order valence-electron chi connectivity index (χ0n) is 10.1. The Hall–Kier alpha value is -1.35. The minimum atomic E-state index is 0.110. The van der Waals surface area contributed by atoms with Gasteiger partial charge in [-0.3, -0.25) is 4.79 Å². The first-order valence-electron chi connectivity index (χ1n) is 5.42. The van der Waals surface area contributed by atoms with Crippen molar-refractivity contribution in [1.82, 2.24) is 0 Å². The molecule has 3 nitrogen and oxygen atoms in total. The molecule has 0 amide bonds. The van der Waals surface area contributed by atoms with Gasteiger partial charge in [0.1, 0.15) is 5.75 Å². The molecule has 0 aliphatic heterocycles. The van der Waals surface area contributed by atoms with Gasteiger partial charge in [-0.1, -0.05) is 6.92 Å². The molecule has 0 fully saturated rings. The summed E-state index contributed by atoms with van der Waals surface area (Å²) in [7, 11) is 3.24. The standard InChI is InChI=1S/C13H18O3/c1-4-10-9-11(5-6-13(10)16-3)12(14)7-8-15-2/h5-6,9H,4,7-8H2,1-3H3. The molecule has 0 aliphatic carbocycles. The predicted octanol–water partition coefficient (Wildman–Crippen LogP) is 2.48. The second kappa shape index (κ2) is 6.28. The molecule has 16 heavy (non-hydrogen) atoms. The third kappa shape index (κ3) is 3.07. The molecule has 1 aromatic carbocycles. The van der Waals surface area contributed by atoms with Crippen LogP contribution in [0.5, 0.6) is 5.75 Å². The number of ether oxygens (including phenoxy) is 2. The minimum absolute atomic E-state index is 0.110. The first-order chi connectivity index (χ1) is 7.72. The van der Waals surface area contributed by atoms with E-state index in [1.54, 1.807) is 20.3 Å². The summed E-state index contributed by atoms with van der Waals surface area (Å²) in [6.07, 6.45) is 1.28. The van der Waals surface area contributed by atoms with E-state index < -0.39 is 0 Å². The average molecular weight is 222 g/mol. The van der Waals surface area contributed by atoms with Gasteiger partial charge in [0.2, 0.25) is 0 Å². The number of hydrogen-bond donors (Lipinski definition) is 0. The lowest BCUT2D eigenvalue weighted by molar-refractivity contribution is 0.0932. The van der Waals surface area contributed by atoms with Gasteiger partial charge < -0.3 is 9.47 Å². The summed E-state index contributed by atoms with van der Waals surface area (Å²) in [5.74, 6) is 0.949. The fourth-order valence-corrected chi connectivity index (χ4v) is 1.57. The first-order valence-corrected chi connectivity index (χ1v) is 5.42. The van der Waals surface area contributed by atoms with Crippen LogP contribution in [0.15, 0.2) is 18.2 Å². The summed E-state index contributed by atoms with van der Waals surface area (Å²) in [6, 6.07) is 5.55. The highest BCUT2D eigenvalue weighted by atomic mass is 16.5. The predicted molar refractivity (Wildman–Crippen MR) is 63.2 cm³/mol. The van der Waals surface area contributed by atoms with Crippen LogP contribution in [-0.2, 0) is 11.2 Å². The quantitative estimate of drug-likeness (QED) is 0.694. The number of methoxy groups -OCH3 is 2. The SMILES string of the molecule is CCc1cc(C(=O)CCOC)ccc1OC. The molecule has 0 aliphatic rings. The minimum Gasteiger partial charge on any atom is -0.496 e. The molecule has 0 radical (unpaired) electrons. The second-order valence-corrected chi connectivity index (χ2v) is 3.55. The van der Waals surface area contributed by atoms with Crippen LogP contribution in [0.2, 0.25) is 0 Å². The van der Waals surface area contributed by atoms with Gasteiger partial charge in [0.05, 0.1) is 13.7 Å². The second-order valence-electron chi connectivity index (χ2n) is 3.55. The van der Waals surface area contributed by atoms with E-state index in [1.807, 2.05) is 19.1 Å². The normalized spacial score (nSPS) is 10.2. The van der Waals surface area contributed by atoms with E-state index in [0.29, 0.717) is 13.0 Å². The summed E-state index contributed by atoms with van der Waals surface area (Å²) < 4.78 is 10.1. The summed E-state index contributed by atoms with van der Waals surface area (Å²) in [6.45, 7) is 2.51. The first kappa shape index (κ1) is 12.7. The van der Waals surface area contributed by atoms with E-state index >= 15 is 0 Å². The Morgan fingerprint density at radius 1 is 1.31 bits per heavy atom. The van der Waals surface area contributed by atoms with Gasteiger partial charge in [-0.2, -0.15) is 0 Å². The molecule has 1 rings (SSSR count). The van der Waals surface area contributed by atoms with Crippen molar-refractivity contribution in [3.8, 4) is 5.75 Å². The summed E-state index contributed by atoms with van der Waals surface area (Å²) >= 11 is 0. The highest BCUT2D eigenvalue weighted by molar-refractivity contribution is 5.96. The molecule has 0 atom stereocenters. The number of Topliss-reactive ketones (excluding diaryl/α,β-unsaturated/α-hetero) is 1. The van der Waals surface area contributed by atoms with Gasteiger partial charge in [-0.05, 0) is 30.2 Å². The van der Waals surface area contributed by atoms with Crippen LogP contribution in [0.25, 0.3) is 0 Å². The van der Waals surface area contributed by atoms with Crippen LogP contribution >= 0.6 is 0 Å². The van der Waals surface area contributed by atoms with Gasteiger partial charge in [0.15, 0.2) is 5.78 Å². The summed E-state index contributed by atoms with van der Waals surface area (Å²) in [5.41, 5.74) is 1.79. The lowest BCUT2D eigenvalue weighted by atomic mass is 10.0. The molecule has 0 unspecified atom stereocenters. The van der Waals surface area contributed by atoms with Crippen molar-refractivity contribution in [2.75, 3.05) is 20.8 Å². The van der Waals surface area contributed by atoms with E-state index in [-0.39, 0.29) is 5.78 Å². The number of ketones is 1. The fourth-order valence-electron chi connectivity index (χ4n) is 1.57. The van der Waals surface area contributed by atoms with Crippen molar-refractivity contribution in [1.29, 1.82) is 0 Å². The van der Waals surface area contributed by atoms with Crippen molar-refractivity contribution in [2.24, 2.45) is 0 Å². The number of rotatable bonds is 6. The molecule has 0 aromatic heterocycles. The largest absolute Gasteiger partial charge is 0.496 e. The van der Waals surface area contributed by atoms with Gasteiger partial charge in [0.25, 0.3) is 0 Å². The Labute approximate surface area is 96.4 Å². The number of benzene rings is 1. The molecular weight excluding hydrogens is 204 g/mol. The summed E-state index contributed by atoms with van der Waals surface area (Å²) in [5, 5.41) is 0. The van der Waals surface area contributed by atoms with E-state index in [9.17, 15) is 4.79 Å². The van der Waals surface area contributed by atoms with Crippen molar-refractivity contribution in [3.63, 3.8) is 0 Å². The smallest absolute Gasteiger partial charge is 0.165 e. The van der Waals surface area contributed by atoms with Crippen LogP contribution in [0.3, 0.4) is 0 Å². The lowest BCUT2D eigenvalue weighted by Gasteiger charge is -2.08. The van der Waals surface area contributed by atoms with Crippen LogP contribution in [0, 0.1) is 0 Å². The zero-order valence-corrected chi connectivity index (χ0v) is 10.1. The van der Waals surface area contributed by atoms with Crippen molar-refractivity contribution in [2.45, 2.75) is 19.8 Å². The lowest BCUT2D eigenvalue weighted by Crippen LogP contribution is -2.04. The molecule has 0 spiro atoms. The number of aryl methyl sites for hydroxylation is 1. The zero-order chi connectivity index (χ0) is 12.0. The fraction of sp³-hybridized carbons (Fsp3) is 0.462. The maximum atomic E-state index is 11.8. The molecule has 0 heterocycles. The molecule has 0 saturated heterocycles. The number of carbonyl (C=O) groups excluding carboxylic acids is 1. The molecule has 1 aromatic rings. The van der Waals surface area contributed by atoms with Crippen LogP contribution in [0.1, 0.15) is 29.3 Å².